The smallest absolute Gasteiger partial charge is 0.276 e. The van der Waals surface area contributed by atoms with E-state index >= 15 is 0 Å². The maximum atomic E-state index is 4.96. The van der Waals surface area contributed by atoms with Crippen LogP contribution in [-0.4, -0.2) is 24.3 Å². The van der Waals surface area contributed by atoms with Gasteiger partial charge in [0.2, 0.25) is 0 Å². The molecule has 0 saturated carbocycles. The van der Waals surface area contributed by atoms with Gasteiger partial charge in [-0.1, -0.05) is 0 Å². The van der Waals surface area contributed by atoms with Gasteiger partial charge in [-0.05, 0) is 12.2 Å². The summed E-state index contributed by atoms with van der Waals surface area (Å²) in [4.78, 5) is 4.59. The van der Waals surface area contributed by atoms with Crippen molar-refractivity contribution in [1.82, 2.24) is 5.06 Å². The van der Waals surface area contributed by atoms with Crippen LogP contribution in [0.25, 0.3) is 0 Å². The van der Waals surface area contributed by atoms with E-state index in [1.165, 1.54) is 5.06 Å². The molecule has 0 amide bonds. The third kappa shape index (κ3) is 5.65. The molecule has 3 nitrogen and oxygen atoms in total. The molecule has 0 aromatic carbocycles. The summed E-state index contributed by atoms with van der Waals surface area (Å²) < 4.78 is 0. The molecule has 7 heavy (non-hydrogen) atoms. The minimum absolute atomic E-state index is 0.0463. The molecule has 0 saturated heterocycles. The van der Waals surface area contributed by atoms with Gasteiger partial charge in [-0.25, -0.2) is 0 Å². The molecule has 0 aliphatic heterocycles. The number of rotatable bonds is 1. The molecule has 0 rings (SSSR count). The molecule has 0 fully saturated rings. The monoisotopic (exact) mass is 120 g/mol. The molecule has 0 aliphatic rings. The van der Waals surface area contributed by atoms with Crippen LogP contribution in [-0.2, 0) is 4.84 Å². The highest BCUT2D eigenvalue weighted by Crippen LogP contribution is 1.74. The van der Waals surface area contributed by atoms with E-state index < -0.39 is 0 Å². The average Bonchev–Trinajstić information content (AvgIpc) is 1.27. The van der Waals surface area contributed by atoms with Crippen LogP contribution >= 0.6 is 12.2 Å². The van der Waals surface area contributed by atoms with Crippen LogP contribution in [0.5, 0.6) is 0 Å². The van der Waals surface area contributed by atoms with Crippen molar-refractivity contribution in [3.05, 3.63) is 0 Å². The van der Waals surface area contributed by atoms with Crippen LogP contribution in [0.1, 0.15) is 0 Å². The molecule has 0 bridgehead atoms. The quantitative estimate of drug-likeness (QED) is 0.381. The number of hydrogen-bond acceptors (Lipinski definition) is 3. The SMILES string of the molecule is CN(C)OC(N)=S. The largest absolute Gasteiger partial charge is 0.376 e. The first-order chi connectivity index (χ1) is 3.13. The Balaban J connectivity index is 3.13. The van der Waals surface area contributed by atoms with Crippen LogP contribution in [0.3, 0.4) is 0 Å². The van der Waals surface area contributed by atoms with Crippen molar-refractivity contribution < 1.29 is 4.84 Å². The van der Waals surface area contributed by atoms with Crippen LogP contribution in [0.15, 0.2) is 0 Å². The second-order valence-corrected chi connectivity index (χ2v) is 1.63. The van der Waals surface area contributed by atoms with Crippen LogP contribution < -0.4 is 5.73 Å². The Morgan fingerprint density at radius 2 is 2.14 bits per heavy atom. The van der Waals surface area contributed by atoms with Gasteiger partial charge in [0.15, 0.2) is 0 Å². The number of hydrogen-bond donors (Lipinski definition) is 1. The summed E-state index contributed by atoms with van der Waals surface area (Å²) in [6.45, 7) is 0. The molecule has 0 aliphatic carbocycles. The first-order valence-corrected chi connectivity index (χ1v) is 2.18. The highest BCUT2D eigenvalue weighted by molar-refractivity contribution is 7.79. The summed E-state index contributed by atoms with van der Waals surface area (Å²) in [5.74, 6) is 0. The lowest BCUT2D eigenvalue weighted by Crippen LogP contribution is -2.22. The molecule has 0 heterocycles. The molecule has 2 N–H and O–H groups in total. The molecule has 4 heteroatoms. The van der Waals surface area contributed by atoms with Crippen LogP contribution in [0.4, 0.5) is 0 Å². The Hall–Kier alpha value is -0.350. The molecular weight excluding hydrogens is 112 g/mol. The Morgan fingerprint density at radius 3 is 2.14 bits per heavy atom. The van der Waals surface area contributed by atoms with E-state index in [4.69, 9.17) is 5.73 Å². The van der Waals surface area contributed by atoms with Gasteiger partial charge in [0, 0.05) is 14.1 Å². The molecule has 0 spiro atoms. The summed E-state index contributed by atoms with van der Waals surface area (Å²) in [6, 6.07) is 0. The highest BCUT2D eigenvalue weighted by Gasteiger charge is 1.86. The lowest BCUT2D eigenvalue weighted by Gasteiger charge is -2.07. The maximum Gasteiger partial charge on any atom is 0.276 e. The Bertz CT molecular complexity index is 73.3. The summed E-state index contributed by atoms with van der Waals surface area (Å²) in [6.07, 6.45) is 0. The number of thiocarbonyl (C=S) groups is 1. The van der Waals surface area contributed by atoms with Crippen molar-refractivity contribution >= 4 is 17.4 Å². The predicted octanol–water partition coefficient (Wildman–Crippen LogP) is -0.277. The normalized spacial score (nSPS) is 9.00. The molecule has 0 aromatic heterocycles. The summed E-state index contributed by atoms with van der Waals surface area (Å²) in [5, 5.41) is 1.48. The third-order valence-electron chi connectivity index (χ3n) is 0.273. The first kappa shape index (κ1) is 6.65. The van der Waals surface area contributed by atoms with Crippen molar-refractivity contribution in [3.63, 3.8) is 0 Å². The predicted molar refractivity (Wildman–Crippen MR) is 31.6 cm³/mol. The van der Waals surface area contributed by atoms with Gasteiger partial charge in [-0.15, -0.1) is 5.06 Å². The zero-order valence-corrected chi connectivity index (χ0v) is 5.16. The number of nitrogens with two attached hydrogens (primary N) is 1. The second kappa shape index (κ2) is 2.76. The van der Waals surface area contributed by atoms with Gasteiger partial charge in [0.1, 0.15) is 0 Å². The highest BCUT2D eigenvalue weighted by atomic mass is 32.1. The topological polar surface area (TPSA) is 38.5 Å². The molecular formula is C3H8N2OS. The fourth-order valence-electron chi connectivity index (χ4n) is 0.180. The van der Waals surface area contributed by atoms with Gasteiger partial charge in [-0.3, -0.25) is 0 Å². The average molecular weight is 120 g/mol. The lowest BCUT2D eigenvalue weighted by molar-refractivity contribution is -0.0167. The molecule has 0 unspecified atom stereocenters. The fourth-order valence-corrected chi connectivity index (χ4v) is 0.329. The van der Waals surface area contributed by atoms with Gasteiger partial charge >= 0.3 is 0 Å². The van der Waals surface area contributed by atoms with E-state index in [0.29, 0.717) is 0 Å². The van der Waals surface area contributed by atoms with E-state index in [1.807, 2.05) is 0 Å². The van der Waals surface area contributed by atoms with Crippen LogP contribution in [0.2, 0.25) is 0 Å². The van der Waals surface area contributed by atoms with Crippen molar-refractivity contribution in [3.8, 4) is 0 Å². The van der Waals surface area contributed by atoms with E-state index in [1.54, 1.807) is 14.1 Å². The molecule has 0 radical (unpaired) electrons. The van der Waals surface area contributed by atoms with E-state index in [9.17, 15) is 0 Å². The zero-order chi connectivity index (χ0) is 5.86. The zero-order valence-electron chi connectivity index (χ0n) is 4.34. The summed E-state index contributed by atoms with van der Waals surface area (Å²) >= 11 is 4.39. The minimum Gasteiger partial charge on any atom is -0.376 e. The van der Waals surface area contributed by atoms with E-state index in [0.717, 1.165) is 0 Å². The standard InChI is InChI=1S/C3H8N2OS/c1-5(2)6-3(4)7/h1-2H3,(H2,4,7). The minimum atomic E-state index is 0.0463. The number of hydroxylamine groups is 2. The van der Waals surface area contributed by atoms with E-state index in [-0.39, 0.29) is 5.17 Å². The molecule has 42 valence electrons. The fraction of sp³-hybridized carbons (Fsp3) is 0.667. The van der Waals surface area contributed by atoms with Gasteiger partial charge in [-0.2, -0.15) is 0 Å². The van der Waals surface area contributed by atoms with Crippen molar-refractivity contribution in [2.45, 2.75) is 0 Å². The van der Waals surface area contributed by atoms with Gasteiger partial charge < -0.3 is 10.6 Å². The van der Waals surface area contributed by atoms with E-state index in [2.05, 4.69) is 17.1 Å². The van der Waals surface area contributed by atoms with Gasteiger partial charge in [0.05, 0.1) is 0 Å². The Labute approximate surface area is 48.0 Å². The van der Waals surface area contributed by atoms with Crippen molar-refractivity contribution in [1.29, 1.82) is 0 Å². The molecule has 0 aromatic rings. The van der Waals surface area contributed by atoms with Crippen molar-refractivity contribution in [2.24, 2.45) is 5.73 Å². The second-order valence-electron chi connectivity index (χ2n) is 1.22. The third-order valence-corrected chi connectivity index (χ3v) is 0.347. The van der Waals surface area contributed by atoms with Crippen LogP contribution in [0, 0.1) is 0 Å². The summed E-state index contributed by atoms with van der Waals surface area (Å²) in [7, 11) is 3.42. The lowest BCUT2D eigenvalue weighted by atomic mass is 11.2. The number of nitrogens with zero attached hydrogens (tertiary/aromatic N) is 1. The van der Waals surface area contributed by atoms with Gasteiger partial charge in [0.25, 0.3) is 5.17 Å². The van der Waals surface area contributed by atoms with Crippen molar-refractivity contribution in [2.75, 3.05) is 14.1 Å². The molecule has 0 atom stereocenters. The first-order valence-electron chi connectivity index (χ1n) is 1.77. The summed E-state index contributed by atoms with van der Waals surface area (Å²) in [5.41, 5.74) is 4.96. The Morgan fingerprint density at radius 1 is 1.71 bits per heavy atom. The Kier molecular flexibility index (Phi) is 2.62. The maximum absolute atomic E-state index is 4.96.